The van der Waals surface area contributed by atoms with Crippen molar-refractivity contribution in [2.24, 2.45) is 11.5 Å². The van der Waals surface area contributed by atoms with E-state index in [1.54, 1.807) is 6.20 Å². The molecular weight excluding hydrogens is 186 g/mol. The van der Waals surface area contributed by atoms with Crippen molar-refractivity contribution in [2.45, 2.75) is 13.1 Å². The van der Waals surface area contributed by atoms with Crippen LogP contribution in [0, 0.1) is 0 Å². The van der Waals surface area contributed by atoms with Gasteiger partial charge in [0.05, 0.1) is 6.54 Å². The molecule has 14 heavy (non-hydrogen) atoms. The molecule has 1 rings (SSSR count). The number of nitrogens with two attached hydrogens (primary N) is 2. The Bertz CT molecular complexity index is 346. The Morgan fingerprint density at radius 2 is 2.29 bits per heavy atom. The maximum Gasteiger partial charge on any atom is 0.318 e. The number of primary amides is 1. The second-order valence-electron chi connectivity index (χ2n) is 2.59. The second-order valence-corrected chi connectivity index (χ2v) is 2.59. The highest BCUT2D eigenvalue weighted by Gasteiger charge is 2.07. The van der Waals surface area contributed by atoms with Crippen LogP contribution in [0.1, 0.15) is 5.82 Å². The summed E-state index contributed by atoms with van der Waals surface area (Å²) in [5.41, 5.74) is 10.1. The highest BCUT2D eigenvalue weighted by molar-refractivity contribution is 5.93. The van der Waals surface area contributed by atoms with E-state index in [-0.39, 0.29) is 13.1 Å². The molecule has 0 unspecified atom stereocenters. The lowest BCUT2D eigenvalue weighted by atomic mass is 10.5. The third-order valence-electron chi connectivity index (χ3n) is 1.56. The van der Waals surface area contributed by atoms with E-state index >= 15 is 0 Å². The van der Waals surface area contributed by atoms with Crippen LogP contribution >= 0.6 is 0 Å². The maximum atomic E-state index is 11.1. The third kappa shape index (κ3) is 2.56. The number of urea groups is 1. The van der Waals surface area contributed by atoms with E-state index in [1.807, 2.05) is 5.32 Å². The van der Waals surface area contributed by atoms with Gasteiger partial charge in [-0.2, -0.15) is 0 Å². The first-order valence-electron chi connectivity index (χ1n) is 3.93. The summed E-state index contributed by atoms with van der Waals surface area (Å²) >= 11 is 0. The Morgan fingerprint density at radius 1 is 1.57 bits per heavy atom. The standard InChI is InChI=1S/C7H11N5O2/c8-3-5-10-1-2-12(5)4-6(13)11-7(9)14/h1-2H,3-4,8H2,(H3,9,11,13,14). The maximum absolute atomic E-state index is 11.1. The summed E-state index contributed by atoms with van der Waals surface area (Å²) in [4.78, 5) is 25.3. The molecule has 0 saturated carbocycles. The van der Waals surface area contributed by atoms with Gasteiger partial charge in [-0.05, 0) is 0 Å². The fourth-order valence-electron chi connectivity index (χ4n) is 1.01. The summed E-state index contributed by atoms with van der Waals surface area (Å²) in [6.07, 6.45) is 3.13. The van der Waals surface area contributed by atoms with Crippen LogP contribution in [-0.4, -0.2) is 21.5 Å². The molecule has 1 aromatic rings. The number of rotatable bonds is 3. The summed E-state index contributed by atoms with van der Waals surface area (Å²) in [5, 5.41) is 1.94. The molecule has 0 spiro atoms. The summed E-state index contributed by atoms with van der Waals surface area (Å²) in [6.45, 7) is 0.215. The molecule has 5 N–H and O–H groups in total. The zero-order valence-electron chi connectivity index (χ0n) is 7.43. The van der Waals surface area contributed by atoms with Gasteiger partial charge in [-0.15, -0.1) is 0 Å². The molecule has 7 heteroatoms. The monoisotopic (exact) mass is 197 g/mol. The van der Waals surface area contributed by atoms with Gasteiger partial charge in [0.25, 0.3) is 0 Å². The quantitative estimate of drug-likeness (QED) is 0.548. The van der Waals surface area contributed by atoms with Crippen molar-refractivity contribution in [1.29, 1.82) is 0 Å². The van der Waals surface area contributed by atoms with E-state index < -0.39 is 11.9 Å². The van der Waals surface area contributed by atoms with Crippen molar-refractivity contribution in [3.63, 3.8) is 0 Å². The van der Waals surface area contributed by atoms with Crippen LogP contribution in [0.15, 0.2) is 12.4 Å². The van der Waals surface area contributed by atoms with Crippen molar-refractivity contribution in [3.8, 4) is 0 Å². The lowest BCUT2D eigenvalue weighted by molar-refractivity contribution is -0.120. The van der Waals surface area contributed by atoms with Gasteiger partial charge in [-0.25, -0.2) is 9.78 Å². The predicted octanol–water partition coefficient (Wildman–Crippen LogP) is -1.46. The van der Waals surface area contributed by atoms with Crippen LogP contribution in [0.5, 0.6) is 0 Å². The van der Waals surface area contributed by atoms with Gasteiger partial charge in [-0.1, -0.05) is 0 Å². The molecule has 1 heterocycles. The summed E-state index contributed by atoms with van der Waals surface area (Å²) in [7, 11) is 0. The van der Waals surface area contributed by atoms with E-state index in [1.165, 1.54) is 10.8 Å². The van der Waals surface area contributed by atoms with Crippen LogP contribution in [0.2, 0.25) is 0 Å². The number of imidazole rings is 1. The van der Waals surface area contributed by atoms with E-state index in [0.717, 1.165) is 0 Å². The van der Waals surface area contributed by atoms with Crippen molar-refractivity contribution < 1.29 is 9.59 Å². The predicted molar refractivity (Wildman–Crippen MR) is 47.8 cm³/mol. The first-order chi connectivity index (χ1) is 6.63. The van der Waals surface area contributed by atoms with Gasteiger partial charge in [0, 0.05) is 12.4 Å². The number of nitrogens with one attached hydrogen (secondary N) is 1. The van der Waals surface area contributed by atoms with Crippen molar-refractivity contribution in [1.82, 2.24) is 14.9 Å². The minimum atomic E-state index is -0.871. The van der Waals surface area contributed by atoms with Gasteiger partial charge >= 0.3 is 6.03 Å². The van der Waals surface area contributed by atoms with Crippen molar-refractivity contribution >= 4 is 11.9 Å². The fraction of sp³-hybridized carbons (Fsp3) is 0.286. The number of carbonyl (C=O) groups excluding carboxylic acids is 2. The van der Waals surface area contributed by atoms with E-state index in [9.17, 15) is 9.59 Å². The van der Waals surface area contributed by atoms with Crippen LogP contribution < -0.4 is 16.8 Å². The minimum Gasteiger partial charge on any atom is -0.351 e. The SMILES string of the molecule is NCc1nccn1CC(=O)NC(N)=O. The van der Waals surface area contributed by atoms with Gasteiger partial charge in [-0.3, -0.25) is 10.1 Å². The molecule has 76 valence electrons. The Morgan fingerprint density at radius 3 is 2.86 bits per heavy atom. The van der Waals surface area contributed by atoms with E-state index in [4.69, 9.17) is 11.5 Å². The summed E-state index contributed by atoms with van der Waals surface area (Å²) in [5.74, 6) is 0.0785. The second kappa shape index (κ2) is 4.38. The Balaban J connectivity index is 2.60. The minimum absolute atomic E-state index is 0.0184. The summed E-state index contributed by atoms with van der Waals surface area (Å²) in [6, 6.07) is -0.871. The number of hydrogen-bond donors (Lipinski definition) is 3. The number of amides is 3. The van der Waals surface area contributed by atoms with E-state index in [0.29, 0.717) is 5.82 Å². The van der Waals surface area contributed by atoms with Gasteiger partial charge in [0.2, 0.25) is 5.91 Å². The number of nitrogens with zero attached hydrogens (tertiary/aromatic N) is 2. The highest BCUT2D eigenvalue weighted by atomic mass is 16.2. The largest absolute Gasteiger partial charge is 0.351 e. The molecule has 0 atom stereocenters. The normalized spacial score (nSPS) is 9.79. The fourth-order valence-corrected chi connectivity index (χ4v) is 1.01. The first kappa shape index (κ1) is 10.2. The van der Waals surface area contributed by atoms with Crippen molar-refractivity contribution in [3.05, 3.63) is 18.2 Å². The van der Waals surface area contributed by atoms with Crippen LogP contribution in [0.4, 0.5) is 4.79 Å². The number of carbonyl (C=O) groups is 2. The molecule has 0 bridgehead atoms. The highest BCUT2D eigenvalue weighted by Crippen LogP contribution is 1.95. The Kier molecular flexibility index (Phi) is 3.19. The van der Waals surface area contributed by atoms with Crippen LogP contribution in [0.3, 0.4) is 0 Å². The average Bonchev–Trinajstić information content (AvgIpc) is 2.50. The number of hydrogen-bond acceptors (Lipinski definition) is 4. The Hall–Kier alpha value is -1.89. The lowest BCUT2D eigenvalue weighted by Crippen LogP contribution is -2.37. The topological polar surface area (TPSA) is 116 Å². The molecule has 3 amide bonds. The molecule has 7 nitrogen and oxygen atoms in total. The molecule has 0 aromatic carbocycles. The Labute approximate surface area is 80.1 Å². The molecule has 0 aliphatic heterocycles. The third-order valence-corrected chi connectivity index (χ3v) is 1.56. The summed E-state index contributed by atoms with van der Waals surface area (Å²) < 4.78 is 1.54. The van der Waals surface area contributed by atoms with Gasteiger partial charge in [0.15, 0.2) is 0 Å². The average molecular weight is 197 g/mol. The van der Waals surface area contributed by atoms with Gasteiger partial charge in [0.1, 0.15) is 12.4 Å². The molecule has 0 radical (unpaired) electrons. The number of aromatic nitrogens is 2. The molecule has 0 fully saturated rings. The molecule has 0 aliphatic carbocycles. The zero-order chi connectivity index (χ0) is 10.6. The van der Waals surface area contributed by atoms with Crippen LogP contribution in [-0.2, 0) is 17.9 Å². The van der Waals surface area contributed by atoms with Crippen molar-refractivity contribution in [2.75, 3.05) is 0 Å². The first-order valence-corrected chi connectivity index (χ1v) is 3.93. The van der Waals surface area contributed by atoms with Gasteiger partial charge < -0.3 is 16.0 Å². The zero-order valence-corrected chi connectivity index (χ0v) is 7.43. The lowest BCUT2D eigenvalue weighted by Gasteiger charge is -2.04. The molecule has 0 saturated heterocycles. The number of imide groups is 1. The van der Waals surface area contributed by atoms with Crippen LogP contribution in [0.25, 0.3) is 0 Å². The smallest absolute Gasteiger partial charge is 0.318 e. The molecule has 1 aromatic heterocycles. The molecule has 0 aliphatic rings. The molecular formula is C7H11N5O2. The van der Waals surface area contributed by atoms with E-state index in [2.05, 4.69) is 4.98 Å².